The minimum Gasteiger partial charge on any atom is -0.466 e. The first-order chi connectivity index (χ1) is 15.8. The van der Waals surface area contributed by atoms with Gasteiger partial charge >= 0.3 is 11.9 Å². The van der Waals surface area contributed by atoms with Gasteiger partial charge in [0.2, 0.25) is 0 Å². The van der Waals surface area contributed by atoms with E-state index in [1.165, 1.54) is 7.11 Å². The van der Waals surface area contributed by atoms with Gasteiger partial charge in [-0.2, -0.15) is 0 Å². The maximum absolute atomic E-state index is 13.4. The second-order valence-electron chi connectivity index (χ2n) is 7.98. The molecular weight excluding hydrogens is 418 g/mol. The second kappa shape index (κ2) is 10.6. The number of aryl methyl sites for hydroxylation is 1. The average molecular weight is 448 g/mol. The molecule has 0 saturated heterocycles. The maximum Gasteiger partial charge on any atom is 0.338 e. The largest absolute Gasteiger partial charge is 0.466 e. The number of nitrogens with zero attached hydrogens (tertiary/aromatic N) is 2. The minimum atomic E-state index is -0.697. The molecule has 7 heteroatoms. The Bertz CT molecular complexity index is 1120. The molecule has 2 aromatic rings. The number of hydrogen-bond donors (Lipinski definition) is 1. The van der Waals surface area contributed by atoms with E-state index in [0.29, 0.717) is 17.1 Å². The van der Waals surface area contributed by atoms with E-state index in [2.05, 4.69) is 10.3 Å². The summed E-state index contributed by atoms with van der Waals surface area (Å²) in [5, 5.41) is 3.12. The Balaban J connectivity index is 2.11. The summed E-state index contributed by atoms with van der Waals surface area (Å²) < 4.78 is 10.8. The van der Waals surface area contributed by atoms with Crippen molar-refractivity contribution in [2.75, 3.05) is 21.2 Å². The number of dihydropyridines is 1. The van der Waals surface area contributed by atoms with Crippen molar-refractivity contribution in [3.8, 4) is 0 Å². The lowest BCUT2D eigenvalue weighted by Crippen LogP contribution is -2.33. The van der Waals surface area contributed by atoms with E-state index in [1.54, 1.807) is 18.2 Å². The number of aliphatic imine (C=N–C) groups is 1. The molecule has 2 aromatic carbocycles. The summed E-state index contributed by atoms with van der Waals surface area (Å²) in [4.78, 5) is 32.6. The highest BCUT2D eigenvalue weighted by Gasteiger charge is 2.39. The van der Waals surface area contributed by atoms with E-state index in [4.69, 9.17) is 9.47 Å². The third-order valence-electron chi connectivity index (χ3n) is 5.30. The van der Waals surface area contributed by atoms with E-state index in [1.807, 2.05) is 75.6 Å². The fourth-order valence-electron chi connectivity index (χ4n) is 3.70. The summed E-state index contributed by atoms with van der Waals surface area (Å²) in [6.07, 6.45) is 1.59. The fourth-order valence-corrected chi connectivity index (χ4v) is 3.70. The van der Waals surface area contributed by atoms with Gasteiger partial charge in [-0.05, 0) is 30.5 Å². The molecule has 1 N–H and O–H groups in total. The lowest BCUT2D eigenvalue weighted by atomic mass is 9.79. The standard InChI is InChI=1S/C26H29N3O4/c1-17-11-9-10-14-20(17)22-21(26(31)33-15-19-12-7-6-8-13-19)18(2)28-24(27-16-29(3)4)23(22)25(30)32-5/h6-14,16,22,28H,15H2,1-5H3. The highest BCUT2D eigenvalue weighted by Crippen LogP contribution is 2.40. The van der Waals surface area contributed by atoms with Crippen LogP contribution in [0.15, 0.2) is 82.3 Å². The highest BCUT2D eigenvalue weighted by atomic mass is 16.5. The van der Waals surface area contributed by atoms with Gasteiger partial charge in [-0.3, -0.25) is 0 Å². The normalized spacial score (nSPS) is 16.0. The van der Waals surface area contributed by atoms with Gasteiger partial charge in [0.15, 0.2) is 0 Å². The first kappa shape index (κ1) is 23.8. The first-order valence-corrected chi connectivity index (χ1v) is 10.6. The Morgan fingerprint density at radius 2 is 1.67 bits per heavy atom. The van der Waals surface area contributed by atoms with Crippen LogP contribution in [0.2, 0.25) is 0 Å². The quantitative estimate of drug-likeness (QED) is 0.396. The zero-order valence-electron chi connectivity index (χ0n) is 19.6. The second-order valence-corrected chi connectivity index (χ2v) is 7.98. The van der Waals surface area contributed by atoms with E-state index < -0.39 is 17.9 Å². The fraction of sp³-hybridized carbons (Fsp3) is 0.269. The van der Waals surface area contributed by atoms with E-state index in [-0.39, 0.29) is 12.2 Å². The predicted molar refractivity (Wildman–Crippen MR) is 127 cm³/mol. The summed E-state index contributed by atoms with van der Waals surface area (Å²) >= 11 is 0. The number of methoxy groups -OCH3 is 1. The first-order valence-electron chi connectivity index (χ1n) is 10.6. The summed E-state index contributed by atoms with van der Waals surface area (Å²) in [6, 6.07) is 17.1. The van der Waals surface area contributed by atoms with Gasteiger partial charge in [0.05, 0.1) is 30.5 Å². The highest BCUT2D eigenvalue weighted by molar-refractivity contribution is 6.00. The molecule has 3 rings (SSSR count). The number of benzene rings is 2. The summed E-state index contributed by atoms with van der Waals surface area (Å²) in [5.74, 6) is -1.44. The molecule has 0 radical (unpaired) electrons. The average Bonchev–Trinajstić information content (AvgIpc) is 2.81. The third kappa shape index (κ3) is 5.49. The number of allylic oxidation sites excluding steroid dienone is 1. The van der Waals surface area contributed by atoms with Crippen molar-refractivity contribution in [2.45, 2.75) is 26.4 Å². The predicted octanol–water partition coefficient (Wildman–Crippen LogP) is 3.67. The number of rotatable bonds is 7. The SMILES string of the molecule is COC(=O)C1=C(N=CN(C)C)NC(C)=C(C(=O)OCc2ccccc2)C1c1ccccc1C. The van der Waals surface area contributed by atoms with Gasteiger partial charge in [-0.1, -0.05) is 54.6 Å². The molecule has 33 heavy (non-hydrogen) atoms. The Morgan fingerprint density at radius 3 is 2.30 bits per heavy atom. The zero-order chi connectivity index (χ0) is 24.0. The molecule has 1 aliphatic rings. The molecular formula is C26H29N3O4. The summed E-state index contributed by atoms with van der Waals surface area (Å²) in [6.45, 7) is 3.85. The van der Waals surface area contributed by atoms with Crippen molar-refractivity contribution in [2.24, 2.45) is 4.99 Å². The van der Waals surface area contributed by atoms with Crippen molar-refractivity contribution < 1.29 is 19.1 Å². The number of nitrogens with one attached hydrogen (secondary N) is 1. The lowest BCUT2D eigenvalue weighted by molar-refractivity contribution is -0.140. The Morgan fingerprint density at radius 1 is 1.00 bits per heavy atom. The van der Waals surface area contributed by atoms with Crippen LogP contribution in [0.3, 0.4) is 0 Å². The minimum absolute atomic E-state index is 0.125. The molecule has 7 nitrogen and oxygen atoms in total. The molecule has 0 spiro atoms. The van der Waals surface area contributed by atoms with Crippen molar-refractivity contribution in [1.29, 1.82) is 0 Å². The smallest absolute Gasteiger partial charge is 0.338 e. The number of esters is 2. The van der Waals surface area contributed by atoms with Gasteiger partial charge in [0.1, 0.15) is 12.4 Å². The van der Waals surface area contributed by atoms with Gasteiger partial charge in [-0.25, -0.2) is 14.6 Å². The van der Waals surface area contributed by atoms with E-state index >= 15 is 0 Å². The van der Waals surface area contributed by atoms with Gasteiger partial charge in [0, 0.05) is 19.8 Å². The van der Waals surface area contributed by atoms with Gasteiger partial charge in [-0.15, -0.1) is 0 Å². The molecule has 1 atom stereocenters. The Kier molecular flexibility index (Phi) is 7.66. The summed E-state index contributed by atoms with van der Waals surface area (Å²) in [5.41, 5.74) is 3.79. The van der Waals surface area contributed by atoms with Crippen LogP contribution in [-0.2, 0) is 25.7 Å². The number of carbonyl (C=O) groups is 2. The molecule has 0 saturated carbocycles. The topological polar surface area (TPSA) is 80.2 Å². The van der Waals surface area contributed by atoms with Crippen LogP contribution in [0.4, 0.5) is 0 Å². The van der Waals surface area contributed by atoms with Crippen LogP contribution in [0, 0.1) is 6.92 Å². The maximum atomic E-state index is 13.4. The Labute approximate surface area is 194 Å². The van der Waals surface area contributed by atoms with Crippen LogP contribution < -0.4 is 5.32 Å². The van der Waals surface area contributed by atoms with Crippen LogP contribution in [0.1, 0.15) is 29.5 Å². The monoisotopic (exact) mass is 447 g/mol. The van der Waals surface area contributed by atoms with Crippen LogP contribution in [0.25, 0.3) is 0 Å². The molecule has 0 bridgehead atoms. The molecule has 0 fully saturated rings. The van der Waals surface area contributed by atoms with Crippen molar-refractivity contribution in [1.82, 2.24) is 10.2 Å². The van der Waals surface area contributed by atoms with E-state index in [9.17, 15) is 9.59 Å². The van der Waals surface area contributed by atoms with E-state index in [0.717, 1.165) is 16.7 Å². The number of ether oxygens (including phenoxy) is 2. The molecule has 172 valence electrons. The molecule has 0 amide bonds. The van der Waals surface area contributed by atoms with Crippen LogP contribution in [-0.4, -0.2) is 44.4 Å². The number of hydrogen-bond acceptors (Lipinski definition) is 6. The van der Waals surface area contributed by atoms with Gasteiger partial charge in [0.25, 0.3) is 0 Å². The zero-order valence-corrected chi connectivity index (χ0v) is 19.6. The molecule has 1 unspecified atom stereocenters. The molecule has 1 heterocycles. The number of carbonyl (C=O) groups excluding carboxylic acids is 2. The Hall–Kier alpha value is -3.87. The van der Waals surface area contributed by atoms with Crippen molar-refractivity contribution in [3.05, 3.63) is 94.0 Å². The lowest BCUT2D eigenvalue weighted by Gasteiger charge is -2.30. The van der Waals surface area contributed by atoms with Crippen molar-refractivity contribution in [3.63, 3.8) is 0 Å². The molecule has 0 aromatic heterocycles. The van der Waals surface area contributed by atoms with Gasteiger partial charge < -0.3 is 19.7 Å². The van der Waals surface area contributed by atoms with Crippen LogP contribution in [0.5, 0.6) is 0 Å². The molecule has 0 aliphatic carbocycles. The third-order valence-corrected chi connectivity index (χ3v) is 5.30. The van der Waals surface area contributed by atoms with Crippen LogP contribution >= 0.6 is 0 Å². The molecule has 1 aliphatic heterocycles. The summed E-state index contributed by atoms with van der Waals surface area (Å²) in [7, 11) is 4.98. The van der Waals surface area contributed by atoms with Crippen molar-refractivity contribution >= 4 is 18.3 Å².